The van der Waals surface area contributed by atoms with Crippen molar-refractivity contribution in [3.8, 4) is 11.1 Å². The van der Waals surface area contributed by atoms with Gasteiger partial charge in [0.2, 0.25) is 10.0 Å². The van der Waals surface area contributed by atoms with Gasteiger partial charge in [0.1, 0.15) is 11.2 Å². The summed E-state index contributed by atoms with van der Waals surface area (Å²) >= 11 is 0. The third-order valence-electron chi connectivity index (χ3n) is 3.63. The number of sulfonamides is 1. The van der Waals surface area contributed by atoms with E-state index in [1.165, 1.54) is 23.4 Å². The molecule has 0 saturated heterocycles. The maximum absolute atomic E-state index is 12.3. The molecule has 0 amide bonds. The van der Waals surface area contributed by atoms with Crippen LogP contribution in [0.1, 0.15) is 18.5 Å². The van der Waals surface area contributed by atoms with Gasteiger partial charge in [-0.25, -0.2) is 23.1 Å². The highest BCUT2D eigenvalue weighted by Crippen LogP contribution is 2.22. The van der Waals surface area contributed by atoms with E-state index in [9.17, 15) is 8.42 Å². The predicted octanol–water partition coefficient (Wildman–Crippen LogP) is 1.92. The average Bonchev–Trinajstić information content (AvgIpc) is 3.03. The predicted molar refractivity (Wildman–Crippen MR) is 89.4 cm³/mol. The van der Waals surface area contributed by atoms with E-state index in [1.54, 1.807) is 26.4 Å². The highest BCUT2D eigenvalue weighted by Gasteiger charge is 2.19. The molecule has 7 nitrogen and oxygen atoms in total. The molecule has 1 aromatic carbocycles. The van der Waals surface area contributed by atoms with E-state index >= 15 is 0 Å². The van der Waals surface area contributed by atoms with Gasteiger partial charge in [0.05, 0.1) is 6.20 Å². The first-order valence-corrected chi connectivity index (χ1v) is 8.80. The molecule has 0 aliphatic heterocycles. The van der Waals surface area contributed by atoms with Crippen molar-refractivity contribution in [1.29, 1.82) is 0 Å². The summed E-state index contributed by atoms with van der Waals surface area (Å²) in [5.41, 5.74) is 2.75. The van der Waals surface area contributed by atoms with E-state index in [1.807, 2.05) is 24.3 Å². The number of nitrogens with zero attached hydrogens (tertiary/aromatic N) is 4. The van der Waals surface area contributed by atoms with Gasteiger partial charge in [0.25, 0.3) is 0 Å². The maximum Gasteiger partial charge on any atom is 0.244 e. The number of aromatic nitrogens is 4. The summed E-state index contributed by atoms with van der Waals surface area (Å²) in [6.45, 7) is 1.80. The number of benzene rings is 1. The fourth-order valence-corrected chi connectivity index (χ4v) is 3.53. The summed E-state index contributed by atoms with van der Waals surface area (Å²) < 4.78 is 28.8. The molecule has 2 heterocycles. The van der Waals surface area contributed by atoms with Gasteiger partial charge in [0.15, 0.2) is 0 Å². The second-order valence-electron chi connectivity index (χ2n) is 5.44. The van der Waals surface area contributed by atoms with Gasteiger partial charge in [-0.05, 0) is 18.1 Å². The lowest BCUT2D eigenvalue weighted by Crippen LogP contribution is -2.26. The average molecular weight is 343 g/mol. The van der Waals surface area contributed by atoms with Crippen LogP contribution < -0.4 is 4.72 Å². The fraction of sp³-hybridized carbons (Fsp3) is 0.188. The van der Waals surface area contributed by atoms with Crippen molar-refractivity contribution in [2.24, 2.45) is 7.05 Å². The normalized spacial score (nSPS) is 12.9. The molecule has 1 unspecified atom stereocenters. The highest BCUT2D eigenvalue weighted by molar-refractivity contribution is 7.89. The third-order valence-corrected chi connectivity index (χ3v) is 5.12. The molecule has 1 N–H and O–H groups in total. The first-order chi connectivity index (χ1) is 11.5. The lowest BCUT2D eigenvalue weighted by atomic mass is 10.0. The van der Waals surface area contributed by atoms with E-state index < -0.39 is 10.0 Å². The van der Waals surface area contributed by atoms with Gasteiger partial charge < -0.3 is 0 Å². The zero-order chi connectivity index (χ0) is 17.2. The number of rotatable bonds is 5. The SMILES string of the molecule is CC(NS(=O)(=O)c1cnn(C)c1)c1ccc(-c2cncnc2)cc1. The molecular formula is C16H17N5O2S. The largest absolute Gasteiger partial charge is 0.274 e. The first-order valence-electron chi connectivity index (χ1n) is 7.32. The maximum atomic E-state index is 12.3. The van der Waals surface area contributed by atoms with Crippen molar-refractivity contribution in [1.82, 2.24) is 24.5 Å². The van der Waals surface area contributed by atoms with Crippen LogP contribution in [-0.4, -0.2) is 28.2 Å². The van der Waals surface area contributed by atoms with E-state index in [-0.39, 0.29) is 10.9 Å². The lowest BCUT2D eigenvalue weighted by Gasteiger charge is -2.14. The van der Waals surface area contributed by atoms with Gasteiger partial charge in [0, 0.05) is 37.2 Å². The summed E-state index contributed by atoms with van der Waals surface area (Å²) in [6, 6.07) is 7.25. The Labute approximate surface area is 140 Å². The zero-order valence-electron chi connectivity index (χ0n) is 13.3. The van der Waals surface area contributed by atoms with E-state index in [0.29, 0.717) is 0 Å². The Morgan fingerprint density at radius 3 is 2.29 bits per heavy atom. The molecule has 24 heavy (non-hydrogen) atoms. The van der Waals surface area contributed by atoms with Gasteiger partial charge >= 0.3 is 0 Å². The van der Waals surface area contributed by atoms with Gasteiger partial charge in [-0.3, -0.25) is 4.68 Å². The Balaban J connectivity index is 1.77. The Morgan fingerprint density at radius 2 is 1.71 bits per heavy atom. The molecule has 3 rings (SSSR count). The van der Waals surface area contributed by atoms with Crippen molar-refractivity contribution in [3.05, 3.63) is 60.9 Å². The van der Waals surface area contributed by atoms with Crippen LogP contribution in [0.4, 0.5) is 0 Å². The molecule has 0 fully saturated rings. The van der Waals surface area contributed by atoms with Crippen LogP contribution in [0.25, 0.3) is 11.1 Å². The molecule has 0 aliphatic carbocycles. The van der Waals surface area contributed by atoms with Gasteiger partial charge in [-0.1, -0.05) is 24.3 Å². The van der Waals surface area contributed by atoms with Crippen molar-refractivity contribution in [2.45, 2.75) is 17.9 Å². The molecule has 0 spiro atoms. The standard InChI is InChI=1S/C16H17N5O2S/c1-12(20-24(22,23)16-9-19-21(2)10-16)13-3-5-14(6-4-13)15-7-17-11-18-8-15/h3-12,20H,1-2H3. The zero-order valence-corrected chi connectivity index (χ0v) is 14.1. The summed E-state index contributed by atoms with van der Waals surface area (Å²) in [4.78, 5) is 8.13. The highest BCUT2D eigenvalue weighted by atomic mass is 32.2. The molecule has 3 aromatic rings. The molecule has 0 saturated carbocycles. The summed E-state index contributed by atoms with van der Waals surface area (Å²) in [5.74, 6) is 0. The van der Waals surface area contributed by atoms with E-state index in [0.717, 1.165) is 16.7 Å². The molecule has 1 atom stereocenters. The molecule has 2 aromatic heterocycles. The van der Waals surface area contributed by atoms with Crippen LogP contribution in [-0.2, 0) is 17.1 Å². The smallest absolute Gasteiger partial charge is 0.244 e. The minimum Gasteiger partial charge on any atom is -0.274 e. The van der Waals surface area contributed by atoms with Crippen LogP contribution in [0.3, 0.4) is 0 Å². The first kappa shape index (κ1) is 16.3. The Bertz CT molecular complexity index is 921. The second-order valence-corrected chi connectivity index (χ2v) is 7.16. The molecule has 124 valence electrons. The van der Waals surface area contributed by atoms with Gasteiger partial charge in [-0.2, -0.15) is 5.10 Å². The van der Waals surface area contributed by atoms with Gasteiger partial charge in [-0.15, -0.1) is 0 Å². The third kappa shape index (κ3) is 3.50. The van der Waals surface area contributed by atoms with Crippen LogP contribution in [0.2, 0.25) is 0 Å². The summed E-state index contributed by atoms with van der Waals surface area (Å²) in [6.07, 6.45) is 7.74. The van der Waals surface area contributed by atoms with E-state index in [4.69, 9.17) is 0 Å². The minimum atomic E-state index is -3.60. The Kier molecular flexibility index (Phi) is 4.41. The van der Waals surface area contributed by atoms with Crippen molar-refractivity contribution >= 4 is 10.0 Å². The number of nitrogens with one attached hydrogen (secondary N) is 1. The molecular weight excluding hydrogens is 326 g/mol. The Morgan fingerprint density at radius 1 is 1.04 bits per heavy atom. The van der Waals surface area contributed by atoms with Crippen LogP contribution in [0.5, 0.6) is 0 Å². The fourth-order valence-electron chi connectivity index (χ4n) is 2.32. The molecule has 8 heteroatoms. The summed E-state index contributed by atoms with van der Waals surface area (Å²) in [5, 5.41) is 3.89. The topological polar surface area (TPSA) is 89.8 Å². The minimum absolute atomic E-state index is 0.148. The quantitative estimate of drug-likeness (QED) is 0.764. The van der Waals surface area contributed by atoms with Crippen LogP contribution in [0, 0.1) is 0 Å². The summed E-state index contributed by atoms with van der Waals surface area (Å²) in [7, 11) is -1.93. The number of hydrogen-bond acceptors (Lipinski definition) is 5. The van der Waals surface area contributed by atoms with Crippen molar-refractivity contribution in [3.63, 3.8) is 0 Å². The van der Waals surface area contributed by atoms with E-state index in [2.05, 4.69) is 19.8 Å². The van der Waals surface area contributed by atoms with Crippen molar-refractivity contribution < 1.29 is 8.42 Å². The molecule has 0 radical (unpaired) electrons. The number of hydrogen-bond donors (Lipinski definition) is 1. The lowest BCUT2D eigenvalue weighted by molar-refractivity contribution is 0.567. The monoisotopic (exact) mass is 343 g/mol. The van der Waals surface area contributed by atoms with Crippen LogP contribution in [0.15, 0.2) is 60.3 Å². The van der Waals surface area contributed by atoms with Crippen molar-refractivity contribution in [2.75, 3.05) is 0 Å². The van der Waals surface area contributed by atoms with Crippen LogP contribution >= 0.6 is 0 Å². The molecule has 0 bridgehead atoms. The molecule has 0 aliphatic rings. The Hall–Kier alpha value is -2.58. The number of aryl methyl sites for hydroxylation is 1. The second kappa shape index (κ2) is 6.50.